The summed E-state index contributed by atoms with van der Waals surface area (Å²) in [6, 6.07) is 6.22. The van der Waals surface area contributed by atoms with Gasteiger partial charge in [-0.1, -0.05) is 6.92 Å². The van der Waals surface area contributed by atoms with E-state index in [0.717, 1.165) is 29.5 Å². The predicted molar refractivity (Wildman–Crippen MR) is 81.2 cm³/mol. The smallest absolute Gasteiger partial charge is 0.150 e. The summed E-state index contributed by atoms with van der Waals surface area (Å²) in [6.07, 6.45) is 1.90. The van der Waals surface area contributed by atoms with Crippen LogP contribution in [-0.4, -0.2) is 17.9 Å². The number of fused-ring (bicyclic) bond motifs is 1. The maximum absolute atomic E-state index is 11.2. The lowest BCUT2D eigenvalue weighted by Crippen LogP contribution is -2.52. The average Bonchev–Trinajstić information content (AvgIpc) is 2.36. The van der Waals surface area contributed by atoms with Gasteiger partial charge in [-0.05, 0) is 63.3 Å². The third kappa shape index (κ3) is 2.20. The fraction of sp³-hybridized carbons (Fsp3) is 0.529. The summed E-state index contributed by atoms with van der Waals surface area (Å²) >= 11 is 0. The van der Waals surface area contributed by atoms with E-state index >= 15 is 0 Å². The van der Waals surface area contributed by atoms with Gasteiger partial charge in [0.05, 0.1) is 6.07 Å². The predicted octanol–water partition coefficient (Wildman–Crippen LogP) is 3.81. The van der Waals surface area contributed by atoms with Gasteiger partial charge in [-0.25, -0.2) is 0 Å². The van der Waals surface area contributed by atoms with Crippen molar-refractivity contribution in [3.05, 3.63) is 28.8 Å². The molecule has 3 nitrogen and oxygen atoms in total. The molecule has 3 heteroatoms. The van der Waals surface area contributed by atoms with Gasteiger partial charge in [0.25, 0.3) is 0 Å². The van der Waals surface area contributed by atoms with Gasteiger partial charge in [-0.3, -0.25) is 4.79 Å². The van der Waals surface area contributed by atoms with E-state index in [1.165, 1.54) is 5.56 Å². The molecule has 0 radical (unpaired) electrons. The molecule has 0 aromatic heterocycles. The lowest BCUT2D eigenvalue weighted by atomic mass is 9.78. The van der Waals surface area contributed by atoms with Crippen LogP contribution in [0.15, 0.2) is 12.1 Å². The van der Waals surface area contributed by atoms with E-state index in [9.17, 15) is 10.1 Å². The fourth-order valence-electron chi connectivity index (χ4n) is 3.53. The van der Waals surface area contributed by atoms with Crippen LogP contribution in [-0.2, 0) is 0 Å². The second kappa shape index (κ2) is 4.94. The molecular weight excluding hydrogens is 248 g/mol. The lowest BCUT2D eigenvalue weighted by molar-refractivity contribution is 0.112. The van der Waals surface area contributed by atoms with E-state index in [1.54, 1.807) is 0 Å². The molecule has 1 aliphatic heterocycles. The molecule has 0 aliphatic carbocycles. The average molecular weight is 270 g/mol. The molecule has 0 bridgehead atoms. The SMILES string of the molecule is Cc1cc2c(cc1C=O)C(C)CC(C)(C)N2C(C)C#N. The minimum absolute atomic E-state index is 0.0588. The molecule has 2 rings (SSSR count). The zero-order valence-electron chi connectivity index (χ0n) is 12.9. The molecule has 0 N–H and O–H groups in total. The van der Waals surface area contributed by atoms with Crippen LogP contribution in [0.1, 0.15) is 61.5 Å². The summed E-state index contributed by atoms with van der Waals surface area (Å²) < 4.78 is 0. The molecule has 1 aromatic carbocycles. The van der Waals surface area contributed by atoms with Crippen molar-refractivity contribution in [1.82, 2.24) is 0 Å². The maximum Gasteiger partial charge on any atom is 0.150 e. The van der Waals surface area contributed by atoms with E-state index in [1.807, 2.05) is 19.9 Å². The maximum atomic E-state index is 11.2. The van der Waals surface area contributed by atoms with E-state index in [2.05, 4.69) is 37.8 Å². The monoisotopic (exact) mass is 270 g/mol. The first-order valence-electron chi connectivity index (χ1n) is 7.10. The second-order valence-corrected chi connectivity index (χ2v) is 6.48. The highest BCUT2D eigenvalue weighted by Gasteiger charge is 2.39. The van der Waals surface area contributed by atoms with Crippen molar-refractivity contribution in [3.63, 3.8) is 0 Å². The van der Waals surface area contributed by atoms with E-state index < -0.39 is 0 Å². The molecule has 1 heterocycles. The van der Waals surface area contributed by atoms with Crippen LogP contribution in [0.25, 0.3) is 0 Å². The van der Waals surface area contributed by atoms with Crippen LogP contribution in [0, 0.1) is 18.3 Å². The van der Waals surface area contributed by atoms with Gasteiger partial charge in [0.1, 0.15) is 12.3 Å². The summed E-state index contributed by atoms with van der Waals surface area (Å²) in [5.41, 5.74) is 3.94. The van der Waals surface area contributed by atoms with Gasteiger partial charge < -0.3 is 4.90 Å². The molecule has 0 spiro atoms. The number of anilines is 1. The van der Waals surface area contributed by atoms with Crippen LogP contribution in [0.4, 0.5) is 5.69 Å². The number of aryl methyl sites for hydroxylation is 1. The van der Waals surface area contributed by atoms with Crippen LogP contribution in [0.3, 0.4) is 0 Å². The highest BCUT2D eigenvalue weighted by atomic mass is 16.1. The molecule has 1 aliphatic rings. The molecule has 0 amide bonds. The first-order chi connectivity index (χ1) is 9.31. The Morgan fingerprint density at radius 3 is 2.70 bits per heavy atom. The summed E-state index contributed by atoms with van der Waals surface area (Å²) in [7, 11) is 0. The van der Waals surface area contributed by atoms with Crippen molar-refractivity contribution in [2.24, 2.45) is 0 Å². The summed E-state index contributed by atoms with van der Waals surface area (Å²) in [6.45, 7) is 10.4. The number of hydrogen-bond acceptors (Lipinski definition) is 3. The third-order valence-electron chi connectivity index (χ3n) is 4.36. The second-order valence-electron chi connectivity index (χ2n) is 6.48. The zero-order chi connectivity index (χ0) is 15.1. The van der Waals surface area contributed by atoms with Crippen molar-refractivity contribution >= 4 is 12.0 Å². The Balaban J connectivity index is 2.67. The molecule has 1 aromatic rings. The Morgan fingerprint density at radius 2 is 2.15 bits per heavy atom. The van der Waals surface area contributed by atoms with Crippen molar-refractivity contribution in [3.8, 4) is 6.07 Å². The molecule has 0 saturated heterocycles. The summed E-state index contributed by atoms with van der Waals surface area (Å²) in [4.78, 5) is 13.4. The summed E-state index contributed by atoms with van der Waals surface area (Å²) in [5, 5.41) is 9.33. The van der Waals surface area contributed by atoms with Crippen LogP contribution in [0.2, 0.25) is 0 Å². The minimum atomic E-state index is -0.183. The largest absolute Gasteiger partial charge is 0.350 e. The number of rotatable bonds is 2. The number of carbonyl (C=O) groups is 1. The number of nitrogens with zero attached hydrogens (tertiary/aromatic N) is 2. The van der Waals surface area contributed by atoms with E-state index in [0.29, 0.717) is 5.92 Å². The van der Waals surface area contributed by atoms with Crippen LogP contribution >= 0.6 is 0 Å². The first-order valence-corrected chi connectivity index (χ1v) is 7.10. The Kier molecular flexibility index (Phi) is 3.60. The molecule has 106 valence electrons. The van der Waals surface area contributed by atoms with Crippen molar-refractivity contribution in [1.29, 1.82) is 5.26 Å². The lowest BCUT2D eigenvalue weighted by Gasteiger charge is -2.49. The highest BCUT2D eigenvalue weighted by molar-refractivity contribution is 5.80. The van der Waals surface area contributed by atoms with E-state index in [-0.39, 0.29) is 11.6 Å². The van der Waals surface area contributed by atoms with Crippen LogP contribution in [0.5, 0.6) is 0 Å². The number of benzene rings is 1. The van der Waals surface area contributed by atoms with Crippen molar-refractivity contribution in [2.75, 3.05) is 4.90 Å². The third-order valence-corrected chi connectivity index (χ3v) is 4.36. The molecule has 0 fully saturated rings. The minimum Gasteiger partial charge on any atom is -0.350 e. The van der Waals surface area contributed by atoms with Crippen molar-refractivity contribution < 1.29 is 4.79 Å². The van der Waals surface area contributed by atoms with Gasteiger partial charge >= 0.3 is 0 Å². The number of aldehydes is 1. The number of carbonyl (C=O) groups excluding carboxylic acids is 1. The van der Waals surface area contributed by atoms with Gasteiger partial charge in [0.15, 0.2) is 0 Å². The fourth-order valence-corrected chi connectivity index (χ4v) is 3.53. The molecular formula is C17H22N2O. The van der Waals surface area contributed by atoms with E-state index in [4.69, 9.17) is 0 Å². The summed E-state index contributed by atoms with van der Waals surface area (Å²) in [5.74, 6) is 0.390. The van der Waals surface area contributed by atoms with Gasteiger partial charge in [0, 0.05) is 16.8 Å². The number of nitriles is 1. The quantitative estimate of drug-likeness (QED) is 0.767. The van der Waals surface area contributed by atoms with Crippen molar-refractivity contribution in [2.45, 2.75) is 58.5 Å². The molecule has 2 unspecified atom stereocenters. The van der Waals surface area contributed by atoms with Gasteiger partial charge in [0.2, 0.25) is 0 Å². The topological polar surface area (TPSA) is 44.1 Å². The Labute approximate surface area is 121 Å². The van der Waals surface area contributed by atoms with Gasteiger partial charge in [-0.15, -0.1) is 0 Å². The molecule has 20 heavy (non-hydrogen) atoms. The standard InChI is InChI=1S/C17H22N2O/c1-11-6-16-15(7-14(11)10-20)12(2)8-17(4,5)19(16)13(3)9-18/h6-7,10,12-13H,8H2,1-5H3. The Morgan fingerprint density at radius 1 is 1.50 bits per heavy atom. The molecule has 2 atom stereocenters. The highest BCUT2D eigenvalue weighted by Crippen LogP contribution is 2.45. The Bertz CT molecular complexity index is 583. The zero-order valence-corrected chi connectivity index (χ0v) is 12.9. The van der Waals surface area contributed by atoms with Crippen LogP contribution < -0.4 is 4.90 Å². The van der Waals surface area contributed by atoms with Gasteiger partial charge in [-0.2, -0.15) is 5.26 Å². The first kappa shape index (κ1) is 14.6. The normalized spacial score (nSPS) is 21.8. The Hall–Kier alpha value is -1.82. The number of hydrogen-bond donors (Lipinski definition) is 0. The molecule has 0 saturated carbocycles.